The van der Waals surface area contributed by atoms with Crippen molar-refractivity contribution in [1.29, 1.82) is 0 Å². The summed E-state index contributed by atoms with van der Waals surface area (Å²) in [6.07, 6.45) is 2.58. The van der Waals surface area contributed by atoms with Crippen LogP contribution in [0.4, 0.5) is 14.5 Å². The number of aromatic nitrogens is 2. The van der Waals surface area contributed by atoms with Crippen LogP contribution in [0.5, 0.6) is 11.8 Å². The number of amides is 1. The standard InChI is InChI=1S/C17H10ClF2N3O2/c18-13-7-10(19)5-6-12(13)16(24)23-11-8-21-17(22-9-11)25-15-4-2-1-3-14(15)20/h1-9H,(H,23,24). The van der Waals surface area contributed by atoms with Gasteiger partial charge in [0, 0.05) is 0 Å². The van der Waals surface area contributed by atoms with Crippen LogP contribution in [-0.4, -0.2) is 15.9 Å². The number of para-hydroxylation sites is 1. The SMILES string of the molecule is O=C(Nc1cnc(Oc2ccccc2F)nc1)c1ccc(F)cc1Cl. The number of nitrogens with one attached hydrogen (secondary N) is 1. The number of hydrogen-bond acceptors (Lipinski definition) is 4. The van der Waals surface area contributed by atoms with E-state index in [1.54, 1.807) is 6.07 Å². The summed E-state index contributed by atoms with van der Waals surface area (Å²) in [5, 5.41) is 2.50. The van der Waals surface area contributed by atoms with Gasteiger partial charge >= 0.3 is 6.01 Å². The van der Waals surface area contributed by atoms with Crippen molar-refractivity contribution in [2.24, 2.45) is 0 Å². The van der Waals surface area contributed by atoms with Crippen molar-refractivity contribution in [1.82, 2.24) is 9.97 Å². The van der Waals surface area contributed by atoms with Crippen molar-refractivity contribution in [3.8, 4) is 11.8 Å². The van der Waals surface area contributed by atoms with Crippen LogP contribution in [0.25, 0.3) is 0 Å². The summed E-state index contributed by atoms with van der Waals surface area (Å²) in [6, 6.07) is 9.18. The molecule has 0 bridgehead atoms. The molecule has 1 heterocycles. The number of carbonyl (C=O) groups is 1. The lowest BCUT2D eigenvalue weighted by Crippen LogP contribution is -2.13. The zero-order valence-corrected chi connectivity index (χ0v) is 13.3. The van der Waals surface area contributed by atoms with Gasteiger partial charge in [-0.3, -0.25) is 4.79 Å². The van der Waals surface area contributed by atoms with Gasteiger partial charge in [-0.2, -0.15) is 0 Å². The van der Waals surface area contributed by atoms with E-state index in [0.29, 0.717) is 0 Å². The number of ether oxygens (including phenoxy) is 1. The Kier molecular flexibility index (Phi) is 4.85. The van der Waals surface area contributed by atoms with Gasteiger partial charge in [-0.05, 0) is 30.3 Å². The number of hydrogen-bond donors (Lipinski definition) is 1. The van der Waals surface area contributed by atoms with Gasteiger partial charge < -0.3 is 10.1 Å². The normalized spacial score (nSPS) is 10.4. The topological polar surface area (TPSA) is 64.1 Å². The molecule has 0 radical (unpaired) electrons. The highest BCUT2D eigenvalue weighted by atomic mass is 35.5. The summed E-state index contributed by atoms with van der Waals surface area (Å²) >= 11 is 5.83. The van der Waals surface area contributed by atoms with E-state index < -0.39 is 17.5 Å². The molecule has 0 aliphatic heterocycles. The Morgan fingerprint density at radius 2 is 1.80 bits per heavy atom. The van der Waals surface area contributed by atoms with Crippen LogP contribution < -0.4 is 10.1 Å². The van der Waals surface area contributed by atoms with E-state index in [2.05, 4.69) is 15.3 Å². The monoisotopic (exact) mass is 361 g/mol. The first kappa shape index (κ1) is 16.8. The van der Waals surface area contributed by atoms with Crippen LogP contribution >= 0.6 is 11.6 Å². The maximum atomic E-state index is 13.5. The second-order valence-corrected chi connectivity index (χ2v) is 5.27. The number of halogens is 3. The van der Waals surface area contributed by atoms with Crippen LogP contribution in [0, 0.1) is 11.6 Å². The van der Waals surface area contributed by atoms with E-state index in [-0.39, 0.29) is 28.0 Å². The first-order valence-electron chi connectivity index (χ1n) is 7.04. The van der Waals surface area contributed by atoms with Crippen molar-refractivity contribution < 1.29 is 18.3 Å². The van der Waals surface area contributed by atoms with E-state index in [0.717, 1.165) is 12.1 Å². The molecule has 1 amide bonds. The van der Waals surface area contributed by atoms with Gasteiger partial charge in [-0.15, -0.1) is 0 Å². The van der Waals surface area contributed by atoms with Gasteiger partial charge in [0.15, 0.2) is 11.6 Å². The van der Waals surface area contributed by atoms with Gasteiger partial charge in [0.25, 0.3) is 5.91 Å². The van der Waals surface area contributed by atoms with E-state index in [4.69, 9.17) is 16.3 Å². The molecule has 5 nitrogen and oxygen atoms in total. The maximum absolute atomic E-state index is 13.5. The molecule has 2 aromatic carbocycles. The van der Waals surface area contributed by atoms with Crippen molar-refractivity contribution >= 4 is 23.2 Å². The molecule has 0 saturated heterocycles. The molecule has 126 valence electrons. The second kappa shape index (κ2) is 7.23. The van der Waals surface area contributed by atoms with Crippen LogP contribution in [-0.2, 0) is 0 Å². The van der Waals surface area contributed by atoms with Gasteiger partial charge in [-0.25, -0.2) is 18.7 Å². The first-order valence-corrected chi connectivity index (χ1v) is 7.41. The predicted molar refractivity (Wildman–Crippen MR) is 87.9 cm³/mol. The fourth-order valence-electron chi connectivity index (χ4n) is 1.93. The lowest BCUT2D eigenvalue weighted by molar-refractivity contribution is 0.102. The maximum Gasteiger partial charge on any atom is 0.322 e. The van der Waals surface area contributed by atoms with Crippen LogP contribution in [0.3, 0.4) is 0 Å². The minimum atomic E-state index is -0.547. The fraction of sp³-hybridized carbons (Fsp3) is 0. The number of nitrogens with zero attached hydrogens (tertiary/aromatic N) is 2. The Balaban J connectivity index is 1.70. The molecule has 0 unspecified atom stereocenters. The Morgan fingerprint density at radius 3 is 2.48 bits per heavy atom. The number of benzene rings is 2. The molecule has 3 rings (SSSR count). The molecule has 0 aliphatic carbocycles. The highest BCUT2D eigenvalue weighted by molar-refractivity contribution is 6.34. The van der Waals surface area contributed by atoms with Crippen molar-refractivity contribution in [3.63, 3.8) is 0 Å². The Morgan fingerprint density at radius 1 is 1.08 bits per heavy atom. The van der Waals surface area contributed by atoms with Gasteiger partial charge in [0.05, 0.1) is 28.7 Å². The van der Waals surface area contributed by atoms with E-state index in [1.807, 2.05) is 0 Å². The van der Waals surface area contributed by atoms with Crippen molar-refractivity contribution in [2.45, 2.75) is 0 Å². The third kappa shape index (κ3) is 4.07. The van der Waals surface area contributed by atoms with Gasteiger partial charge in [-0.1, -0.05) is 23.7 Å². The van der Waals surface area contributed by atoms with Crippen molar-refractivity contribution in [2.75, 3.05) is 5.32 Å². The molecule has 3 aromatic rings. The lowest BCUT2D eigenvalue weighted by Gasteiger charge is -2.08. The summed E-state index contributed by atoms with van der Waals surface area (Å²) in [7, 11) is 0. The summed E-state index contributed by atoms with van der Waals surface area (Å²) in [5.41, 5.74) is 0.376. The molecular weight excluding hydrogens is 352 g/mol. The molecule has 25 heavy (non-hydrogen) atoms. The van der Waals surface area contributed by atoms with Crippen LogP contribution in [0.1, 0.15) is 10.4 Å². The Hall–Kier alpha value is -3.06. The smallest absolute Gasteiger partial charge is 0.322 e. The number of carbonyl (C=O) groups excluding carboxylic acids is 1. The van der Waals surface area contributed by atoms with Crippen molar-refractivity contribution in [3.05, 3.63) is 77.1 Å². The largest absolute Gasteiger partial charge is 0.421 e. The summed E-state index contributed by atoms with van der Waals surface area (Å²) in [6.45, 7) is 0. The second-order valence-electron chi connectivity index (χ2n) is 4.87. The van der Waals surface area contributed by atoms with Crippen LogP contribution in [0.15, 0.2) is 54.9 Å². The number of anilines is 1. The molecule has 0 fully saturated rings. The average Bonchev–Trinajstić information content (AvgIpc) is 2.58. The Bertz CT molecular complexity index is 920. The zero-order valence-electron chi connectivity index (χ0n) is 12.5. The number of rotatable bonds is 4. The van der Waals surface area contributed by atoms with E-state index >= 15 is 0 Å². The predicted octanol–water partition coefficient (Wildman–Crippen LogP) is 4.45. The molecule has 0 atom stereocenters. The molecule has 0 saturated carbocycles. The summed E-state index contributed by atoms with van der Waals surface area (Å²) < 4.78 is 31.7. The van der Waals surface area contributed by atoms with E-state index in [9.17, 15) is 13.6 Å². The molecule has 0 spiro atoms. The molecule has 1 N–H and O–H groups in total. The molecule has 1 aromatic heterocycles. The fourth-order valence-corrected chi connectivity index (χ4v) is 2.18. The third-order valence-corrected chi connectivity index (χ3v) is 3.41. The quantitative estimate of drug-likeness (QED) is 0.745. The van der Waals surface area contributed by atoms with Gasteiger partial charge in [0.1, 0.15) is 5.82 Å². The highest BCUT2D eigenvalue weighted by Crippen LogP contribution is 2.22. The minimum Gasteiger partial charge on any atom is -0.421 e. The minimum absolute atomic E-state index is 0.0158. The lowest BCUT2D eigenvalue weighted by atomic mass is 10.2. The third-order valence-electron chi connectivity index (χ3n) is 3.10. The van der Waals surface area contributed by atoms with Gasteiger partial charge in [0.2, 0.25) is 0 Å². The average molecular weight is 362 g/mol. The Labute approximate surface area is 146 Å². The molecule has 8 heteroatoms. The molecular formula is C17H10ClF2N3O2. The molecule has 0 aliphatic rings. The summed E-state index contributed by atoms with van der Waals surface area (Å²) in [5.74, 6) is -1.65. The van der Waals surface area contributed by atoms with Crippen LogP contribution in [0.2, 0.25) is 5.02 Å². The first-order chi connectivity index (χ1) is 12.0. The summed E-state index contributed by atoms with van der Waals surface area (Å²) in [4.78, 5) is 19.9. The highest BCUT2D eigenvalue weighted by Gasteiger charge is 2.12. The zero-order chi connectivity index (χ0) is 17.8. The van der Waals surface area contributed by atoms with E-state index in [1.165, 1.54) is 36.7 Å².